The standard InChI is InChI=1S/C13H25N3O3.HI/c1-15(2)12(16(3)4)14-9-11-10-18-13(19-11)5-7-17-8-6-13;/h11H,5-10H2,1-4H3;1H. The molecule has 2 fully saturated rings. The number of hydrogen-bond acceptors (Lipinski definition) is 4. The van der Waals surface area contributed by atoms with Crippen LogP contribution in [0.1, 0.15) is 12.8 Å². The number of rotatable bonds is 2. The second kappa shape index (κ2) is 7.77. The van der Waals surface area contributed by atoms with E-state index in [2.05, 4.69) is 4.99 Å². The second-order valence-electron chi connectivity index (χ2n) is 5.50. The van der Waals surface area contributed by atoms with Gasteiger partial charge in [-0.1, -0.05) is 0 Å². The van der Waals surface area contributed by atoms with Crippen LogP contribution < -0.4 is 0 Å². The summed E-state index contributed by atoms with van der Waals surface area (Å²) in [5, 5.41) is 0. The van der Waals surface area contributed by atoms with Crippen molar-refractivity contribution in [2.24, 2.45) is 4.99 Å². The zero-order valence-corrected chi connectivity index (χ0v) is 15.1. The minimum atomic E-state index is -0.408. The van der Waals surface area contributed by atoms with E-state index in [0.717, 1.165) is 32.0 Å². The van der Waals surface area contributed by atoms with Crippen molar-refractivity contribution in [3.05, 3.63) is 0 Å². The maximum atomic E-state index is 6.05. The Balaban J connectivity index is 0.00000200. The van der Waals surface area contributed by atoms with Crippen LogP contribution in [0.3, 0.4) is 0 Å². The summed E-state index contributed by atoms with van der Waals surface area (Å²) < 4.78 is 17.3. The minimum absolute atomic E-state index is 0. The molecule has 0 saturated carbocycles. The molecular weight excluding hydrogens is 373 g/mol. The fourth-order valence-corrected chi connectivity index (χ4v) is 2.52. The molecule has 0 amide bonds. The van der Waals surface area contributed by atoms with Crippen LogP contribution in [0, 0.1) is 0 Å². The molecule has 0 bridgehead atoms. The number of aliphatic imine (C=N–C) groups is 1. The Kier molecular flexibility index (Phi) is 6.96. The third-order valence-electron chi connectivity index (χ3n) is 3.40. The molecule has 20 heavy (non-hydrogen) atoms. The van der Waals surface area contributed by atoms with E-state index in [1.165, 1.54) is 0 Å². The summed E-state index contributed by atoms with van der Waals surface area (Å²) in [4.78, 5) is 8.62. The number of nitrogens with zero attached hydrogens (tertiary/aromatic N) is 3. The number of ether oxygens (including phenoxy) is 3. The van der Waals surface area contributed by atoms with Crippen LogP contribution in [-0.2, 0) is 14.2 Å². The van der Waals surface area contributed by atoms with Gasteiger partial charge in [-0.05, 0) is 0 Å². The molecule has 2 aliphatic heterocycles. The van der Waals surface area contributed by atoms with Gasteiger partial charge in [0.2, 0.25) is 0 Å². The molecule has 1 unspecified atom stereocenters. The maximum absolute atomic E-state index is 6.05. The molecule has 6 nitrogen and oxygen atoms in total. The zero-order chi connectivity index (χ0) is 13.9. The first-order valence-electron chi connectivity index (χ1n) is 6.81. The van der Waals surface area contributed by atoms with Crippen LogP contribution in [0.25, 0.3) is 0 Å². The number of hydrogen-bond donors (Lipinski definition) is 0. The van der Waals surface area contributed by atoms with Gasteiger partial charge in [-0.15, -0.1) is 24.0 Å². The highest BCUT2D eigenvalue weighted by Gasteiger charge is 2.42. The lowest BCUT2D eigenvalue weighted by molar-refractivity contribution is -0.210. The minimum Gasteiger partial charge on any atom is -0.381 e. The quantitative estimate of drug-likeness (QED) is 0.394. The highest BCUT2D eigenvalue weighted by molar-refractivity contribution is 14.0. The number of guanidine groups is 1. The summed E-state index contributed by atoms with van der Waals surface area (Å²) in [6.45, 7) is 2.69. The molecular formula is C13H26IN3O3. The highest BCUT2D eigenvalue weighted by Crippen LogP contribution is 2.33. The molecule has 0 radical (unpaired) electrons. The molecule has 0 N–H and O–H groups in total. The lowest BCUT2D eigenvalue weighted by Crippen LogP contribution is -2.38. The zero-order valence-electron chi connectivity index (χ0n) is 12.8. The molecule has 1 spiro atoms. The molecule has 2 heterocycles. The average Bonchev–Trinajstić information content (AvgIpc) is 2.72. The van der Waals surface area contributed by atoms with Crippen molar-refractivity contribution in [3.63, 3.8) is 0 Å². The normalized spacial score (nSPS) is 24.1. The van der Waals surface area contributed by atoms with Gasteiger partial charge in [-0.25, -0.2) is 0 Å². The fraction of sp³-hybridized carbons (Fsp3) is 0.923. The maximum Gasteiger partial charge on any atom is 0.195 e. The first-order chi connectivity index (χ1) is 9.02. The van der Waals surface area contributed by atoms with E-state index in [9.17, 15) is 0 Å². The smallest absolute Gasteiger partial charge is 0.195 e. The Morgan fingerprint density at radius 1 is 1.15 bits per heavy atom. The predicted octanol–water partition coefficient (Wildman–Crippen LogP) is 1.01. The van der Waals surface area contributed by atoms with Gasteiger partial charge in [0, 0.05) is 41.0 Å². The molecule has 0 aromatic carbocycles. The molecule has 0 aliphatic carbocycles. The largest absolute Gasteiger partial charge is 0.381 e. The summed E-state index contributed by atoms with van der Waals surface area (Å²) >= 11 is 0. The summed E-state index contributed by atoms with van der Waals surface area (Å²) in [6, 6.07) is 0. The summed E-state index contributed by atoms with van der Waals surface area (Å²) in [5.41, 5.74) is 0. The number of halogens is 1. The van der Waals surface area contributed by atoms with Gasteiger partial charge >= 0.3 is 0 Å². The molecule has 0 aromatic heterocycles. The van der Waals surface area contributed by atoms with Gasteiger partial charge in [0.1, 0.15) is 6.10 Å². The van der Waals surface area contributed by atoms with Crippen LogP contribution in [0.15, 0.2) is 4.99 Å². The van der Waals surface area contributed by atoms with Crippen molar-refractivity contribution < 1.29 is 14.2 Å². The van der Waals surface area contributed by atoms with Gasteiger partial charge in [-0.3, -0.25) is 4.99 Å². The third kappa shape index (κ3) is 4.44. The molecule has 0 aromatic rings. The van der Waals surface area contributed by atoms with E-state index >= 15 is 0 Å². The highest BCUT2D eigenvalue weighted by atomic mass is 127. The van der Waals surface area contributed by atoms with E-state index in [1.54, 1.807) is 0 Å². The summed E-state index contributed by atoms with van der Waals surface area (Å²) in [7, 11) is 7.96. The Morgan fingerprint density at radius 2 is 1.75 bits per heavy atom. The van der Waals surface area contributed by atoms with E-state index in [0.29, 0.717) is 13.2 Å². The van der Waals surface area contributed by atoms with Crippen LogP contribution in [0.2, 0.25) is 0 Å². The molecule has 2 aliphatic rings. The summed E-state index contributed by atoms with van der Waals surface area (Å²) in [6.07, 6.45) is 1.69. The van der Waals surface area contributed by atoms with Gasteiger partial charge in [-0.2, -0.15) is 0 Å². The first-order valence-corrected chi connectivity index (χ1v) is 6.81. The van der Waals surface area contributed by atoms with Crippen molar-refractivity contribution in [1.82, 2.24) is 9.80 Å². The van der Waals surface area contributed by atoms with Crippen LogP contribution >= 0.6 is 24.0 Å². The van der Waals surface area contributed by atoms with E-state index in [-0.39, 0.29) is 30.1 Å². The molecule has 118 valence electrons. The Hall–Kier alpha value is -0.120. The van der Waals surface area contributed by atoms with Crippen LogP contribution in [0.4, 0.5) is 0 Å². The summed E-state index contributed by atoms with van der Waals surface area (Å²) in [5.74, 6) is 0.533. The van der Waals surface area contributed by atoms with Gasteiger partial charge in [0.15, 0.2) is 11.7 Å². The van der Waals surface area contributed by atoms with Crippen LogP contribution in [0.5, 0.6) is 0 Å². The van der Waals surface area contributed by atoms with Crippen molar-refractivity contribution in [2.75, 3.05) is 54.6 Å². The SMILES string of the molecule is CN(C)C(=NCC1COC2(CCOCC2)O1)N(C)C.I. The Morgan fingerprint density at radius 3 is 2.30 bits per heavy atom. The van der Waals surface area contributed by atoms with Crippen molar-refractivity contribution in [3.8, 4) is 0 Å². The monoisotopic (exact) mass is 399 g/mol. The fourth-order valence-electron chi connectivity index (χ4n) is 2.52. The Labute approximate surface area is 138 Å². The van der Waals surface area contributed by atoms with Crippen LogP contribution in [-0.4, -0.2) is 82.2 Å². The van der Waals surface area contributed by atoms with E-state index < -0.39 is 5.79 Å². The molecule has 1 atom stereocenters. The van der Waals surface area contributed by atoms with Crippen molar-refractivity contribution in [2.45, 2.75) is 24.7 Å². The molecule has 7 heteroatoms. The van der Waals surface area contributed by atoms with Crippen molar-refractivity contribution >= 4 is 29.9 Å². The Bertz CT molecular complexity index is 321. The van der Waals surface area contributed by atoms with Crippen molar-refractivity contribution in [1.29, 1.82) is 0 Å². The van der Waals surface area contributed by atoms with Gasteiger partial charge in [0.05, 0.1) is 26.4 Å². The lowest BCUT2D eigenvalue weighted by atomic mass is 10.1. The topological polar surface area (TPSA) is 46.5 Å². The van der Waals surface area contributed by atoms with E-state index in [1.807, 2.05) is 38.0 Å². The molecule has 2 saturated heterocycles. The first kappa shape index (κ1) is 17.9. The van der Waals surface area contributed by atoms with Gasteiger partial charge < -0.3 is 24.0 Å². The van der Waals surface area contributed by atoms with Gasteiger partial charge in [0.25, 0.3) is 0 Å². The second-order valence-corrected chi connectivity index (χ2v) is 5.50. The molecule has 2 rings (SSSR count). The average molecular weight is 399 g/mol. The lowest BCUT2D eigenvalue weighted by Gasteiger charge is -2.31. The third-order valence-corrected chi connectivity index (χ3v) is 3.40. The predicted molar refractivity (Wildman–Crippen MR) is 88.7 cm³/mol. The van der Waals surface area contributed by atoms with E-state index in [4.69, 9.17) is 14.2 Å².